The highest BCUT2D eigenvalue weighted by molar-refractivity contribution is 6.33. The van der Waals surface area contributed by atoms with Crippen LogP contribution in [0.5, 0.6) is 0 Å². The molecule has 0 bridgehead atoms. The van der Waals surface area contributed by atoms with Gasteiger partial charge in [0.05, 0.1) is 12.0 Å². The second kappa shape index (κ2) is 5.37. The Balaban J connectivity index is 1.79. The Morgan fingerprint density at radius 3 is 2.88 bits per heavy atom. The number of aromatic nitrogens is 3. The molecule has 4 rings (SSSR count). The average molecular weight is 354 g/mol. The number of hydrogen-bond donors (Lipinski definition) is 0. The average Bonchev–Trinajstić information content (AvgIpc) is 3.10. The van der Waals surface area contributed by atoms with Crippen molar-refractivity contribution in [3.8, 4) is 0 Å². The highest BCUT2D eigenvalue weighted by Gasteiger charge is 2.64. The molecule has 0 unspecified atom stereocenters. The summed E-state index contributed by atoms with van der Waals surface area (Å²) in [5.74, 6) is -0.691. The van der Waals surface area contributed by atoms with Gasteiger partial charge in [0.15, 0.2) is 12.0 Å². The van der Waals surface area contributed by atoms with E-state index >= 15 is 0 Å². The van der Waals surface area contributed by atoms with E-state index in [2.05, 4.69) is 9.97 Å². The molecule has 0 amide bonds. The highest BCUT2D eigenvalue weighted by Crippen LogP contribution is 2.50. The molecule has 4 heterocycles. The van der Waals surface area contributed by atoms with Gasteiger partial charge >= 0.3 is 0 Å². The lowest BCUT2D eigenvalue weighted by molar-refractivity contribution is -0.215. The van der Waals surface area contributed by atoms with Gasteiger partial charge in [-0.3, -0.25) is 0 Å². The topological polar surface area (TPSA) is 67.6 Å². The smallest absolute Gasteiger partial charge is 0.165 e. The Hall–Kier alpha value is -1.25. The number of rotatable bonds is 3. The van der Waals surface area contributed by atoms with Gasteiger partial charge in [-0.05, 0) is 26.8 Å². The maximum atomic E-state index is 6.24. The summed E-state index contributed by atoms with van der Waals surface area (Å²) in [6.07, 6.45) is 2.39. The summed E-state index contributed by atoms with van der Waals surface area (Å²) in [4.78, 5) is 8.37. The second-order valence-corrected chi connectivity index (χ2v) is 7.18. The van der Waals surface area contributed by atoms with Crippen LogP contribution in [0.1, 0.15) is 27.0 Å². The lowest BCUT2D eigenvalue weighted by Crippen LogP contribution is -2.45. The molecule has 2 fully saturated rings. The van der Waals surface area contributed by atoms with Crippen LogP contribution in [0.3, 0.4) is 0 Å². The maximum Gasteiger partial charge on any atom is 0.165 e. The Labute approximate surface area is 144 Å². The molecule has 0 aromatic carbocycles. The van der Waals surface area contributed by atoms with Crippen LogP contribution in [-0.2, 0) is 18.9 Å². The zero-order valence-electron chi connectivity index (χ0n) is 14.0. The van der Waals surface area contributed by atoms with E-state index in [1.165, 1.54) is 6.33 Å². The van der Waals surface area contributed by atoms with Crippen molar-refractivity contribution < 1.29 is 18.9 Å². The molecule has 4 atom stereocenters. The summed E-state index contributed by atoms with van der Waals surface area (Å²) in [6, 6.07) is 1.88. The Kier molecular flexibility index (Phi) is 3.63. The third-order valence-corrected chi connectivity index (χ3v) is 5.00. The van der Waals surface area contributed by atoms with Gasteiger partial charge < -0.3 is 23.5 Å². The molecule has 0 radical (unpaired) electrons. The van der Waals surface area contributed by atoms with E-state index in [0.717, 1.165) is 5.39 Å². The molecule has 2 aromatic heterocycles. The fourth-order valence-corrected chi connectivity index (χ4v) is 3.90. The molecule has 0 saturated carbocycles. The van der Waals surface area contributed by atoms with E-state index in [1.807, 2.05) is 37.6 Å². The molecule has 2 aromatic rings. The van der Waals surface area contributed by atoms with Crippen molar-refractivity contribution in [2.24, 2.45) is 0 Å². The third-order valence-electron chi connectivity index (χ3n) is 4.70. The fraction of sp³-hybridized carbons (Fsp3) is 0.625. The molecule has 7 nitrogen and oxygen atoms in total. The Morgan fingerprint density at radius 1 is 1.33 bits per heavy atom. The summed E-state index contributed by atoms with van der Waals surface area (Å²) in [6.45, 7) is 6.23. The highest BCUT2D eigenvalue weighted by atomic mass is 35.5. The molecule has 130 valence electrons. The van der Waals surface area contributed by atoms with Gasteiger partial charge in [0.25, 0.3) is 0 Å². The van der Waals surface area contributed by atoms with Gasteiger partial charge in [0.1, 0.15) is 34.9 Å². The molecule has 2 aliphatic rings. The molecule has 2 saturated heterocycles. The Bertz CT molecular complexity index is 780. The lowest BCUT2D eigenvalue weighted by Gasteiger charge is -2.28. The number of hydrogen-bond acceptors (Lipinski definition) is 6. The zero-order chi connectivity index (χ0) is 17.1. The van der Waals surface area contributed by atoms with Crippen molar-refractivity contribution >= 4 is 22.6 Å². The van der Waals surface area contributed by atoms with Crippen molar-refractivity contribution in [1.29, 1.82) is 0 Å². The van der Waals surface area contributed by atoms with Crippen LogP contribution in [0, 0.1) is 0 Å². The summed E-state index contributed by atoms with van der Waals surface area (Å²) < 4.78 is 25.8. The van der Waals surface area contributed by atoms with Crippen LogP contribution in [0.4, 0.5) is 0 Å². The largest absolute Gasteiger partial charge is 0.382 e. The summed E-state index contributed by atoms with van der Waals surface area (Å²) in [5.41, 5.74) is 0.0890. The van der Waals surface area contributed by atoms with Gasteiger partial charge in [0, 0.05) is 13.3 Å². The predicted molar refractivity (Wildman–Crippen MR) is 86.8 cm³/mol. The number of methoxy groups -OCH3 is 1. The van der Waals surface area contributed by atoms with Crippen LogP contribution in [0.25, 0.3) is 11.0 Å². The van der Waals surface area contributed by atoms with Crippen LogP contribution in [-0.4, -0.2) is 51.8 Å². The Morgan fingerprint density at radius 2 is 2.12 bits per heavy atom. The van der Waals surface area contributed by atoms with Crippen LogP contribution >= 0.6 is 11.6 Å². The number of halogens is 1. The molecular formula is C16H20ClN3O4. The standard InChI is InChI=1S/C16H20ClN3O4/c1-15(2)23-11-14(22-10(7-21-4)16(11,3)24-15)20-6-5-9-12(17)18-8-19-13(9)20/h5-6,8,10-11,14H,7H2,1-4H3/t10-,11+,14-,16-/m1/s1. The van der Waals surface area contributed by atoms with E-state index in [9.17, 15) is 0 Å². The molecule has 24 heavy (non-hydrogen) atoms. The fourth-order valence-electron chi connectivity index (χ4n) is 3.71. The monoisotopic (exact) mass is 353 g/mol. The van der Waals surface area contributed by atoms with Gasteiger partial charge in [-0.25, -0.2) is 9.97 Å². The minimum absolute atomic E-state index is 0.256. The quantitative estimate of drug-likeness (QED) is 0.790. The van der Waals surface area contributed by atoms with E-state index in [1.54, 1.807) is 7.11 Å². The van der Waals surface area contributed by atoms with Crippen molar-refractivity contribution in [3.63, 3.8) is 0 Å². The van der Waals surface area contributed by atoms with Crippen molar-refractivity contribution in [2.45, 2.75) is 50.6 Å². The third kappa shape index (κ3) is 2.27. The van der Waals surface area contributed by atoms with Crippen LogP contribution < -0.4 is 0 Å². The van der Waals surface area contributed by atoms with Crippen molar-refractivity contribution in [3.05, 3.63) is 23.7 Å². The van der Waals surface area contributed by atoms with Crippen LogP contribution in [0.15, 0.2) is 18.6 Å². The normalized spacial score (nSPS) is 34.8. The van der Waals surface area contributed by atoms with E-state index < -0.39 is 11.4 Å². The number of fused-ring (bicyclic) bond motifs is 2. The SMILES string of the molecule is COC[C@H]1O[C@@H](n2ccc3c(Cl)ncnc32)[C@@H]2OC(C)(C)O[C@]12C. The molecule has 0 spiro atoms. The van der Waals surface area contributed by atoms with E-state index in [0.29, 0.717) is 17.4 Å². The first-order chi connectivity index (χ1) is 11.4. The molecule has 0 N–H and O–H groups in total. The maximum absolute atomic E-state index is 6.24. The first-order valence-electron chi connectivity index (χ1n) is 7.85. The predicted octanol–water partition coefficient (Wildman–Crippen LogP) is 2.54. The summed E-state index contributed by atoms with van der Waals surface area (Å²) in [7, 11) is 1.65. The first kappa shape index (κ1) is 16.2. The van der Waals surface area contributed by atoms with E-state index in [4.69, 9.17) is 30.5 Å². The van der Waals surface area contributed by atoms with E-state index in [-0.39, 0.29) is 18.4 Å². The van der Waals surface area contributed by atoms with Gasteiger partial charge in [-0.15, -0.1) is 0 Å². The van der Waals surface area contributed by atoms with Crippen molar-refractivity contribution in [2.75, 3.05) is 13.7 Å². The van der Waals surface area contributed by atoms with Gasteiger partial charge in [0.2, 0.25) is 0 Å². The lowest BCUT2D eigenvalue weighted by atomic mass is 9.95. The number of ether oxygens (including phenoxy) is 4. The molecule has 8 heteroatoms. The number of nitrogens with zero attached hydrogens (tertiary/aromatic N) is 3. The van der Waals surface area contributed by atoms with Gasteiger partial charge in [-0.1, -0.05) is 11.6 Å². The van der Waals surface area contributed by atoms with Crippen molar-refractivity contribution in [1.82, 2.24) is 14.5 Å². The summed E-state index contributed by atoms with van der Waals surface area (Å²) in [5, 5.41) is 1.19. The summed E-state index contributed by atoms with van der Waals surface area (Å²) >= 11 is 6.16. The zero-order valence-corrected chi connectivity index (χ0v) is 14.8. The van der Waals surface area contributed by atoms with Crippen LogP contribution in [0.2, 0.25) is 5.15 Å². The minimum atomic E-state index is -0.691. The van der Waals surface area contributed by atoms with Gasteiger partial charge in [-0.2, -0.15) is 0 Å². The minimum Gasteiger partial charge on any atom is -0.382 e. The molecule has 2 aliphatic heterocycles. The molecule has 0 aliphatic carbocycles. The first-order valence-corrected chi connectivity index (χ1v) is 8.23. The molecular weight excluding hydrogens is 334 g/mol. The second-order valence-electron chi connectivity index (χ2n) is 6.82.